The second-order valence-corrected chi connectivity index (χ2v) is 8.52. The van der Waals surface area contributed by atoms with Crippen molar-refractivity contribution in [2.45, 2.75) is 82.9 Å². The van der Waals surface area contributed by atoms with Crippen molar-refractivity contribution in [2.75, 3.05) is 5.32 Å². The van der Waals surface area contributed by atoms with Gasteiger partial charge in [-0.2, -0.15) is 0 Å². The van der Waals surface area contributed by atoms with Gasteiger partial charge in [0.15, 0.2) is 24.0 Å². The number of carbonyl (C=O) groups is 2. The van der Waals surface area contributed by atoms with Crippen molar-refractivity contribution in [1.82, 2.24) is 10.3 Å². The lowest BCUT2D eigenvalue weighted by molar-refractivity contribution is -0.231. The summed E-state index contributed by atoms with van der Waals surface area (Å²) < 4.78 is 29.6. The molecule has 0 spiro atoms. The van der Waals surface area contributed by atoms with Crippen LogP contribution in [0.1, 0.15) is 34.6 Å². The van der Waals surface area contributed by atoms with Gasteiger partial charge in [-0.3, -0.25) is 9.59 Å². The molecular weight excluding hydrogens is 394 g/mol. The SMILES string of the molecule is CC(NC(=O)C1OC2OC(C)(C)OC2C2OC(C)(C)OC12)C(=O)Nc1ccccn1. The topological polar surface area (TPSA) is 117 Å². The summed E-state index contributed by atoms with van der Waals surface area (Å²) in [4.78, 5) is 29.5. The van der Waals surface area contributed by atoms with Crippen molar-refractivity contribution in [3.8, 4) is 0 Å². The van der Waals surface area contributed by atoms with E-state index < -0.39 is 60.1 Å². The summed E-state index contributed by atoms with van der Waals surface area (Å²) in [7, 11) is 0. The summed E-state index contributed by atoms with van der Waals surface area (Å²) in [6.45, 7) is 8.64. The number of hydrogen-bond acceptors (Lipinski definition) is 8. The van der Waals surface area contributed by atoms with Gasteiger partial charge in [-0.1, -0.05) is 6.07 Å². The molecule has 30 heavy (non-hydrogen) atoms. The third-order valence-electron chi connectivity index (χ3n) is 5.08. The number of hydrogen-bond donors (Lipinski definition) is 2. The largest absolute Gasteiger partial charge is 0.342 e. The van der Waals surface area contributed by atoms with E-state index in [1.165, 1.54) is 0 Å². The number of nitrogens with zero attached hydrogens (tertiary/aromatic N) is 1. The summed E-state index contributed by atoms with van der Waals surface area (Å²) in [5, 5.41) is 5.33. The molecule has 3 aliphatic rings. The molecule has 0 aliphatic carbocycles. The van der Waals surface area contributed by atoms with Gasteiger partial charge in [0.1, 0.15) is 30.2 Å². The zero-order valence-electron chi connectivity index (χ0n) is 17.6. The Kier molecular flexibility index (Phi) is 5.31. The Hall–Kier alpha value is -2.11. The number of carbonyl (C=O) groups excluding carboxylic acids is 2. The van der Waals surface area contributed by atoms with Crippen molar-refractivity contribution in [3.63, 3.8) is 0 Å². The van der Waals surface area contributed by atoms with Crippen LogP contribution in [-0.4, -0.2) is 65.1 Å². The van der Waals surface area contributed by atoms with Gasteiger partial charge >= 0.3 is 0 Å². The van der Waals surface area contributed by atoms with Crippen molar-refractivity contribution < 1.29 is 33.3 Å². The lowest BCUT2D eigenvalue weighted by Crippen LogP contribution is -2.60. The smallest absolute Gasteiger partial charge is 0.252 e. The van der Waals surface area contributed by atoms with Crippen molar-refractivity contribution in [2.24, 2.45) is 0 Å². The number of rotatable bonds is 4. The van der Waals surface area contributed by atoms with E-state index in [0.717, 1.165) is 0 Å². The second kappa shape index (κ2) is 7.54. The van der Waals surface area contributed by atoms with Gasteiger partial charge in [-0.15, -0.1) is 0 Å². The Morgan fingerprint density at radius 1 is 1.00 bits per heavy atom. The van der Waals surface area contributed by atoms with Gasteiger partial charge < -0.3 is 34.3 Å². The standard InChI is InChI=1S/C20H27N3O7/c1-10(16(24)23-11-8-6-7-9-21-11)22-17(25)14-12-13(28-19(2,3)27-12)15-18(26-14)30-20(4,5)29-15/h6-10,12-15,18H,1-5H3,(H,22,25)(H,21,23,24). The Balaban J connectivity index is 1.45. The molecule has 0 radical (unpaired) electrons. The molecular formula is C20H27N3O7. The van der Waals surface area contributed by atoms with Crippen LogP contribution in [0.3, 0.4) is 0 Å². The number of pyridine rings is 1. The van der Waals surface area contributed by atoms with Crippen LogP contribution in [0.2, 0.25) is 0 Å². The van der Waals surface area contributed by atoms with Gasteiger partial charge in [-0.05, 0) is 46.8 Å². The number of anilines is 1. The van der Waals surface area contributed by atoms with E-state index >= 15 is 0 Å². The summed E-state index contributed by atoms with van der Waals surface area (Å²) in [6.07, 6.45) is -2.03. The average Bonchev–Trinajstić information content (AvgIpc) is 3.15. The molecule has 6 unspecified atom stereocenters. The summed E-state index contributed by atoms with van der Waals surface area (Å²) in [6, 6.07) is 4.33. The van der Waals surface area contributed by atoms with Gasteiger partial charge in [-0.25, -0.2) is 4.98 Å². The van der Waals surface area contributed by atoms with E-state index in [2.05, 4.69) is 15.6 Å². The highest BCUT2D eigenvalue weighted by atomic mass is 16.9. The fourth-order valence-electron chi connectivity index (χ4n) is 3.86. The van der Waals surface area contributed by atoms with Crippen LogP contribution < -0.4 is 10.6 Å². The Morgan fingerprint density at radius 3 is 2.37 bits per heavy atom. The Bertz CT molecular complexity index is 816. The van der Waals surface area contributed by atoms with Crippen LogP contribution in [0.5, 0.6) is 0 Å². The number of ether oxygens (including phenoxy) is 5. The highest BCUT2D eigenvalue weighted by Gasteiger charge is 2.62. The maximum Gasteiger partial charge on any atom is 0.252 e. The Morgan fingerprint density at radius 2 is 1.67 bits per heavy atom. The number of fused-ring (bicyclic) bond motifs is 3. The first-order valence-corrected chi connectivity index (χ1v) is 9.94. The molecule has 1 aromatic rings. The molecule has 0 bridgehead atoms. The van der Waals surface area contributed by atoms with Gasteiger partial charge in [0.05, 0.1) is 0 Å². The molecule has 6 atom stereocenters. The van der Waals surface area contributed by atoms with E-state index in [1.54, 1.807) is 59.0 Å². The minimum atomic E-state index is -1.03. The molecule has 4 heterocycles. The highest BCUT2D eigenvalue weighted by Crippen LogP contribution is 2.44. The molecule has 0 saturated carbocycles. The van der Waals surface area contributed by atoms with E-state index in [9.17, 15) is 9.59 Å². The molecule has 10 nitrogen and oxygen atoms in total. The fourth-order valence-corrected chi connectivity index (χ4v) is 3.86. The summed E-state index contributed by atoms with van der Waals surface area (Å²) in [5.74, 6) is -2.30. The van der Waals surface area contributed by atoms with Crippen LogP contribution in [0.15, 0.2) is 24.4 Å². The maximum absolute atomic E-state index is 13.0. The maximum atomic E-state index is 13.0. The summed E-state index contributed by atoms with van der Waals surface area (Å²) in [5.41, 5.74) is 0. The lowest BCUT2D eigenvalue weighted by atomic mass is 9.98. The molecule has 3 saturated heterocycles. The highest BCUT2D eigenvalue weighted by molar-refractivity contribution is 5.96. The average molecular weight is 421 g/mol. The van der Waals surface area contributed by atoms with Gasteiger partial charge in [0, 0.05) is 6.20 Å². The fraction of sp³-hybridized carbons (Fsp3) is 0.650. The molecule has 3 aliphatic heterocycles. The van der Waals surface area contributed by atoms with E-state index in [1.807, 2.05) is 0 Å². The third kappa shape index (κ3) is 4.19. The molecule has 1 aromatic heterocycles. The molecule has 3 fully saturated rings. The first-order valence-electron chi connectivity index (χ1n) is 9.94. The lowest BCUT2D eigenvalue weighted by Gasteiger charge is -2.36. The van der Waals surface area contributed by atoms with Gasteiger partial charge in [0.25, 0.3) is 5.91 Å². The quantitative estimate of drug-likeness (QED) is 0.737. The predicted octanol–water partition coefficient (Wildman–Crippen LogP) is 0.921. The van der Waals surface area contributed by atoms with Crippen LogP contribution >= 0.6 is 0 Å². The third-order valence-corrected chi connectivity index (χ3v) is 5.08. The van der Waals surface area contributed by atoms with Crippen molar-refractivity contribution in [1.29, 1.82) is 0 Å². The molecule has 0 aromatic carbocycles. The molecule has 2 N–H and O–H groups in total. The summed E-state index contributed by atoms with van der Waals surface area (Å²) >= 11 is 0. The zero-order chi connectivity index (χ0) is 21.7. The van der Waals surface area contributed by atoms with E-state index in [4.69, 9.17) is 23.7 Å². The number of aromatic nitrogens is 1. The van der Waals surface area contributed by atoms with E-state index in [-0.39, 0.29) is 0 Å². The monoisotopic (exact) mass is 421 g/mol. The zero-order valence-corrected chi connectivity index (χ0v) is 17.6. The minimum absolute atomic E-state index is 0.397. The van der Waals surface area contributed by atoms with Crippen LogP contribution in [0.25, 0.3) is 0 Å². The van der Waals surface area contributed by atoms with Crippen LogP contribution in [0.4, 0.5) is 5.82 Å². The molecule has 10 heteroatoms. The van der Waals surface area contributed by atoms with Crippen molar-refractivity contribution in [3.05, 3.63) is 24.4 Å². The molecule has 4 rings (SSSR count). The van der Waals surface area contributed by atoms with Gasteiger partial charge in [0.2, 0.25) is 5.91 Å². The molecule has 2 amide bonds. The first-order chi connectivity index (χ1) is 14.0. The second-order valence-electron chi connectivity index (χ2n) is 8.52. The molecule has 164 valence electrons. The minimum Gasteiger partial charge on any atom is -0.342 e. The Labute approximate surface area is 174 Å². The number of amides is 2. The first kappa shape index (κ1) is 21.1. The van der Waals surface area contributed by atoms with Crippen LogP contribution in [-0.2, 0) is 33.3 Å². The van der Waals surface area contributed by atoms with Crippen molar-refractivity contribution >= 4 is 17.6 Å². The van der Waals surface area contributed by atoms with E-state index in [0.29, 0.717) is 5.82 Å². The van der Waals surface area contributed by atoms with Crippen LogP contribution in [0, 0.1) is 0 Å². The normalized spacial score (nSPS) is 34.5. The number of nitrogens with one attached hydrogen (secondary N) is 2. The predicted molar refractivity (Wildman–Crippen MR) is 103 cm³/mol.